The number of nitrogens with zero attached hydrogens (tertiary/aromatic N) is 5. The van der Waals surface area contributed by atoms with E-state index >= 15 is 0 Å². The number of hydrogen-bond donors (Lipinski definition) is 1. The number of amides is 1. The maximum absolute atomic E-state index is 13.8. The van der Waals surface area contributed by atoms with Gasteiger partial charge in [0.15, 0.2) is 5.82 Å². The number of fused-ring (bicyclic) bond motifs is 1. The van der Waals surface area contributed by atoms with Crippen LogP contribution >= 0.6 is 0 Å². The molecule has 0 aliphatic carbocycles. The Morgan fingerprint density at radius 1 is 0.943 bits per heavy atom. The summed E-state index contributed by atoms with van der Waals surface area (Å²) in [6, 6.07) is 20.6. The van der Waals surface area contributed by atoms with Crippen LogP contribution in [0.25, 0.3) is 22.4 Å². The fraction of sp³-hybridized carbons (Fsp3) is 0.185. The number of nitrogens with one attached hydrogen (secondary N) is 1. The highest BCUT2D eigenvalue weighted by atomic mass is 16.2. The minimum absolute atomic E-state index is 0.281. The molecule has 1 atom stereocenters. The quantitative estimate of drug-likeness (QED) is 0.412. The molecule has 5 rings (SSSR count). The van der Waals surface area contributed by atoms with E-state index in [0.29, 0.717) is 29.0 Å². The van der Waals surface area contributed by atoms with Crippen molar-refractivity contribution in [1.29, 1.82) is 0 Å². The Kier molecular flexibility index (Phi) is 5.78. The Hall–Kier alpha value is -4.46. The molecular formula is C27H26N6O2. The van der Waals surface area contributed by atoms with Crippen LogP contribution in [0.4, 0.5) is 0 Å². The second-order valence-corrected chi connectivity index (χ2v) is 8.60. The van der Waals surface area contributed by atoms with E-state index in [4.69, 9.17) is 5.10 Å². The van der Waals surface area contributed by atoms with E-state index in [1.54, 1.807) is 18.5 Å². The molecule has 0 saturated heterocycles. The van der Waals surface area contributed by atoms with Crippen LogP contribution in [0.5, 0.6) is 0 Å². The number of benzene rings is 2. The predicted molar refractivity (Wildman–Crippen MR) is 135 cm³/mol. The molecule has 8 heteroatoms. The highest BCUT2D eigenvalue weighted by Gasteiger charge is 2.25. The number of rotatable bonds is 6. The predicted octanol–water partition coefficient (Wildman–Crippen LogP) is 3.87. The number of aromatic nitrogens is 5. The first-order valence-electron chi connectivity index (χ1n) is 11.5. The lowest BCUT2D eigenvalue weighted by Gasteiger charge is -2.15. The van der Waals surface area contributed by atoms with Gasteiger partial charge in [0, 0.05) is 18.9 Å². The molecule has 1 unspecified atom stereocenters. The summed E-state index contributed by atoms with van der Waals surface area (Å²) >= 11 is 0. The van der Waals surface area contributed by atoms with Crippen LogP contribution in [0.3, 0.4) is 0 Å². The largest absolute Gasteiger partial charge is 0.350 e. The number of hydrogen-bond acceptors (Lipinski definition) is 4. The Bertz CT molecular complexity index is 1550. The molecule has 8 nitrogen and oxygen atoms in total. The molecule has 1 amide bonds. The van der Waals surface area contributed by atoms with Gasteiger partial charge in [-0.1, -0.05) is 48.0 Å². The van der Waals surface area contributed by atoms with Crippen molar-refractivity contribution < 1.29 is 4.79 Å². The van der Waals surface area contributed by atoms with E-state index in [9.17, 15) is 9.59 Å². The molecule has 0 saturated carbocycles. The van der Waals surface area contributed by atoms with Crippen molar-refractivity contribution in [2.24, 2.45) is 0 Å². The third-order valence-electron chi connectivity index (χ3n) is 6.07. The minimum atomic E-state index is -0.798. The molecule has 0 radical (unpaired) electrons. The molecule has 0 spiro atoms. The van der Waals surface area contributed by atoms with E-state index in [2.05, 4.69) is 10.4 Å². The Labute approximate surface area is 202 Å². The number of carbonyl (C=O) groups excluding carboxylic acids is 1. The van der Waals surface area contributed by atoms with E-state index in [1.807, 2.05) is 90.6 Å². The molecule has 1 N–H and O–H groups in total. The number of carbonyl (C=O) groups is 1. The second-order valence-electron chi connectivity index (χ2n) is 8.60. The number of para-hydroxylation sites is 1. The lowest BCUT2D eigenvalue weighted by molar-refractivity contribution is -0.124. The third-order valence-corrected chi connectivity index (χ3v) is 6.07. The van der Waals surface area contributed by atoms with Gasteiger partial charge in [0.1, 0.15) is 16.9 Å². The smallest absolute Gasteiger partial charge is 0.280 e. The van der Waals surface area contributed by atoms with Crippen LogP contribution in [0.15, 0.2) is 83.9 Å². The normalized spacial score (nSPS) is 12.1. The molecule has 0 fully saturated rings. The Morgan fingerprint density at radius 2 is 1.63 bits per heavy atom. The van der Waals surface area contributed by atoms with Gasteiger partial charge in [0.05, 0.1) is 11.4 Å². The van der Waals surface area contributed by atoms with Gasteiger partial charge in [-0.25, -0.2) is 9.36 Å². The van der Waals surface area contributed by atoms with Gasteiger partial charge in [-0.3, -0.25) is 9.59 Å². The summed E-state index contributed by atoms with van der Waals surface area (Å²) in [7, 11) is 0. The fourth-order valence-corrected chi connectivity index (χ4v) is 4.11. The lowest BCUT2D eigenvalue weighted by atomic mass is 10.1. The average Bonchev–Trinajstić information content (AvgIpc) is 3.54. The van der Waals surface area contributed by atoms with Crippen molar-refractivity contribution >= 4 is 16.8 Å². The SMILES string of the molecule is Cc1ccc(CNC(=O)C(C)n2nc(C)c3nn(-c4ccccc4)c(-n4cccc4)c3c2=O)cc1. The summed E-state index contributed by atoms with van der Waals surface area (Å²) in [5, 5.41) is 12.6. The lowest BCUT2D eigenvalue weighted by Crippen LogP contribution is -2.37. The van der Waals surface area contributed by atoms with E-state index in [0.717, 1.165) is 16.8 Å². The highest BCUT2D eigenvalue weighted by Crippen LogP contribution is 2.25. The first kappa shape index (κ1) is 22.3. The van der Waals surface area contributed by atoms with E-state index in [-0.39, 0.29) is 11.5 Å². The third kappa shape index (κ3) is 4.14. The molecule has 3 heterocycles. The number of aryl methyl sites for hydroxylation is 2. The zero-order chi connectivity index (χ0) is 24.5. The highest BCUT2D eigenvalue weighted by molar-refractivity contribution is 5.88. The van der Waals surface area contributed by atoms with Gasteiger partial charge in [0.25, 0.3) is 5.56 Å². The maximum atomic E-state index is 13.8. The van der Waals surface area contributed by atoms with Crippen LogP contribution < -0.4 is 10.9 Å². The van der Waals surface area contributed by atoms with Crippen LogP contribution in [0.1, 0.15) is 29.8 Å². The molecule has 0 aliphatic rings. The van der Waals surface area contributed by atoms with Crippen molar-refractivity contribution in [1.82, 2.24) is 29.4 Å². The second kappa shape index (κ2) is 9.06. The topological polar surface area (TPSA) is 86.7 Å². The van der Waals surface area contributed by atoms with Gasteiger partial charge < -0.3 is 9.88 Å². The summed E-state index contributed by atoms with van der Waals surface area (Å²) in [4.78, 5) is 26.7. The summed E-state index contributed by atoms with van der Waals surface area (Å²) < 4.78 is 4.86. The van der Waals surface area contributed by atoms with Crippen molar-refractivity contribution in [3.63, 3.8) is 0 Å². The average molecular weight is 467 g/mol. The molecular weight excluding hydrogens is 440 g/mol. The Balaban J connectivity index is 1.58. The first-order chi connectivity index (χ1) is 16.9. The standard InChI is InChI=1S/C27H26N6O2/c1-18-11-13-21(14-12-18)17-28-25(34)20(3)32-27(35)23-24(19(2)29-32)30-33(22-9-5-4-6-10-22)26(23)31-15-7-8-16-31/h4-16,20H,17H2,1-3H3,(H,28,34). The molecule has 3 aromatic heterocycles. The van der Waals surface area contributed by atoms with Crippen molar-refractivity contribution in [3.05, 3.63) is 106 Å². The zero-order valence-corrected chi connectivity index (χ0v) is 19.8. The Morgan fingerprint density at radius 3 is 2.31 bits per heavy atom. The van der Waals surface area contributed by atoms with Crippen molar-refractivity contribution in [3.8, 4) is 11.5 Å². The molecule has 0 bridgehead atoms. The molecule has 176 valence electrons. The van der Waals surface area contributed by atoms with Gasteiger partial charge >= 0.3 is 0 Å². The van der Waals surface area contributed by atoms with Gasteiger partial charge in [-0.15, -0.1) is 0 Å². The molecule has 2 aromatic carbocycles. The zero-order valence-electron chi connectivity index (χ0n) is 19.8. The van der Waals surface area contributed by atoms with Gasteiger partial charge in [-0.2, -0.15) is 10.2 Å². The van der Waals surface area contributed by atoms with E-state index < -0.39 is 6.04 Å². The molecule has 0 aliphatic heterocycles. The summed E-state index contributed by atoms with van der Waals surface area (Å²) in [5.74, 6) is 0.324. The van der Waals surface area contributed by atoms with Crippen molar-refractivity contribution in [2.45, 2.75) is 33.4 Å². The molecule has 35 heavy (non-hydrogen) atoms. The van der Waals surface area contributed by atoms with Gasteiger partial charge in [0.2, 0.25) is 5.91 Å². The summed E-state index contributed by atoms with van der Waals surface area (Å²) in [5.41, 5.74) is 3.67. The van der Waals surface area contributed by atoms with Crippen LogP contribution in [-0.2, 0) is 11.3 Å². The van der Waals surface area contributed by atoms with Crippen molar-refractivity contribution in [2.75, 3.05) is 0 Å². The molecule has 5 aromatic rings. The van der Waals surface area contributed by atoms with E-state index in [1.165, 1.54) is 4.68 Å². The van der Waals surface area contributed by atoms with Crippen LogP contribution in [0, 0.1) is 13.8 Å². The van der Waals surface area contributed by atoms with Crippen LogP contribution in [0.2, 0.25) is 0 Å². The summed E-state index contributed by atoms with van der Waals surface area (Å²) in [6.07, 6.45) is 3.74. The first-order valence-corrected chi connectivity index (χ1v) is 11.5. The summed E-state index contributed by atoms with van der Waals surface area (Å²) in [6.45, 7) is 5.88. The van der Waals surface area contributed by atoms with Crippen LogP contribution in [-0.4, -0.2) is 30.0 Å². The fourth-order valence-electron chi connectivity index (χ4n) is 4.11. The van der Waals surface area contributed by atoms with Gasteiger partial charge in [-0.05, 0) is 50.6 Å². The monoisotopic (exact) mass is 466 g/mol. The minimum Gasteiger partial charge on any atom is -0.350 e. The maximum Gasteiger partial charge on any atom is 0.280 e.